The Bertz CT molecular complexity index is 980. The van der Waals surface area contributed by atoms with Gasteiger partial charge in [-0.25, -0.2) is 9.11 Å². The number of hydrogen-bond donors (Lipinski definition) is 2. The molecule has 178 valence electrons. The molecule has 2 N–H and O–H groups in total. The second-order valence-corrected chi connectivity index (χ2v) is 9.62. The van der Waals surface area contributed by atoms with Gasteiger partial charge in [-0.2, -0.15) is 8.42 Å². The van der Waals surface area contributed by atoms with Crippen molar-refractivity contribution in [2.24, 2.45) is 10.3 Å². The molecule has 32 heavy (non-hydrogen) atoms. The number of benzene rings is 1. The van der Waals surface area contributed by atoms with Gasteiger partial charge in [0.05, 0.1) is 18.8 Å². The predicted molar refractivity (Wildman–Crippen MR) is 117 cm³/mol. The molecule has 9 nitrogen and oxygen atoms in total. The smallest absolute Gasteiger partial charge is 0.345 e. The highest BCUT2D eigenvalue weighted by molar-refractivity contribution is 7.89. The normalized spacial score (nSPS) is 19.6. The third-order valence-corrected chi connectivity index (χ3v) is 6.27. The van der Waals surface area contributed by atoms with Gasteiger partial charge < -0.3 is 19.5 Å². The quantitative estimate of drug-likeness (QED) is 0.371. The maximum Gasteiger partial charge on any atom is 0.345 e. The number of carbonyl (C=O) groups excluding carboxylic acids is 1. The third-order valence-electron chi connectivity index (χ3n) is 5.41. The minimum absolute atomic E-state index is 0.0240. The summed E-state index contributed by atoms with van der Waals surface area (Å²) in [5.74, 6) is -1.09. The van der Waals surface area contributed by atoms with Gasteiger partial charge in [-0.15, -0.1) is 4.40 Å². The molecule has 1 atom stereocenters. The molecule has 1 aromatic carbocycles. The average molecular weight is 472 g/mol. The fourth-order valence-corrected chi connectivity index (χ4v) is 4.53. The summed E-state index contributed by atoms with van der Waals surface area (Å²) >= 11 is 0. The molecule has 0 bridgehead atoms. The monoisotopic (exact) mass is 471 g/mol. The van der Waals surface area contributed by atoms with Crippen LogP contribution in [0.2, 0.25) is 0 Å². The first-order chi connectivity index (χ1) is 15.2. The van der Waals surface area contributed by atoms with Gasteiger partial charge >= 0.3 is 10.2 Å². The summed E-state index contributed by atoms with van der Waals surface area (Å²) in [5, 5.41) is 3.47. The van der Waals surface area contributed by atoms with E-state index in [4.69, 9.17) is 14.2 Å². The van der Waals surface area contributed by atoms with Gasteiger partial charge in [0.25, 0.3) is 5.91 Å². The number of carbonyl (C=O) groups is 1. The van der Waals surface area contributed by atoms with Crippen molar-refractivity contribution in [1.29, 1.82) is 0 Å². The van der Waals surface area contributed by atoms with Crippen molar-refractivity contribution in [3.8, 4) is 5.75 Å². The van der Waals surface area contributed by atoms with Gasteiger partial charge in [0.15, 0.2) is 12.5 Å². The Balaban J connectivity index is 1.90. The van der Waals surface area contributed by atoms with Crippen LogP contribution in [0.1, 0.15) is 43.4 Å². The number of hydrogen-bond acceptors (Lipinski definition) is 7. The number of ether oxygens (including phenoxy) is 3. The number of aryl methyl sites for hydroxylation is 1. The number of rotatable bonds is 11. The Labute approximate surface area is 187 Å². The summed E-state index contributed by atoms with van der Waals surface area (Å²) in [4.78, 5) is 12.2. The van der Waals surface area contributed by atoms with Gasteiger partial charge in [0, 0.05) is 13.2 Å². The first-order valence-electron chi connectivity index (χ1n) is 10.7. The Morgan fingerprint density at radius 2 is 2.12 bits per heavy atom. The lowest BCUT2D eigenvalue weighted by Gasteiger charge is -2.28. The van der Waals surface area contributed by atoms with Crippen LogP contribution < -0.4 is 14.8 Å². The fraction of sp³-hybridized carbons (Fsp3) is 0.619. The minimum atomic E-state index is -4.20. The fourth-order valence-electron chi connectivity index (χ4n) is 3.74. The maximum absolute atomic E-state index is 15.7. The van der Waals surface area contributed by atoms with Crippen LogP contribution in [0.4, 0.5) is 4.39 Å². The lowest BCUT2D eigenvalue weighted by Crippen LogP contribution is -2.36. The van der Waals surface area contributed by atoms with Crippen LogP contribution in [0.15, 0.2) is 10.5 Å². The molecule has 1 aliphatic heterocycles. The Morgan fingerprint density at radius 3 is 2.78 bits per heavy atom. The first-order valence-corrected chi connectivity index (χ1v) is 12.1. The minimum Gasteiger partial charge on any atom is -0.467 e. The zero-order valence-corrected chi connectivity index (χ0v) is 19.4. The standard InChI is InChI=1S/C21H30FN3O6S/c1-13(2)6-7-23-15-5-4-14-10-17(31-12-30-9-8-29-3)18(19(22)16(14)11-15)20-21(26)25-32(27,28)24-20/h10,13,15,23H,4-9,11-12H2,1-3H3,(H,25,26)/t15-/m1/s1. The number of methoxy groups -OCH3 is 1. The summed E-state index contributed by atoms with van der Waals surface area (Å²) in [6.07, 6.45) is 2.91. The van der Waals surface area contributed by atoms with Crippen molar-refractivity contribution in [3.05, 3.63) is 28.6 Å². The second-order valence-electron chi connectivity index (χ2n) is 8.29. The molecule has 1 heterocycles. The highest BCUT2D eigenvalue weighted by atomic mass is 32.2. The predicted octanol–water partition coefficient (Wildman–Crippen LogP) is 1.48. The summed E-state index contributed by atoms with van der Waals surface area (Å²) < 4.78 is 60.2. The van der Waals surface area contributed by atoms with E-state index in [1.165, 1.54) is 7.11 Å². The van der Waals surface area contributed by atoms with Crippen LogP contribution in [0.25, 0.3) is 0 Å². The highest BCUT2D eigenvalue weighted by Gasteiger charge is 2.36. The molecule has 0 saturated heterocycles. The molecule has 11 heteroatoms. The SMILES string of the molecule is COCCOCOc1cc2c(c(F)c1C1=NS(=O)(=O)NC1=O)C[C@H](NCCC(C)C)CC2. The zero-order valence-electron chi connectivity index (χ0n) is 18.6. The van der Waals surface area contributed by atoms with E-state index in [1.54, 1.807) is 10.8 Å². The van der Waals surface area contributed by atoms with Gasteiger partial charge in [-0.1, -0.05) is 13.8 Å². The van der Waals surface area contributed by atoms with Crippen molar-refractivity contribution < 1.29 is 31.8 Å². The van der Waals surface area contributed by atoms with E-state index in [0.29, 0.717) is 30.9 Å². The second kappa shape index (κ2) is 10.7. The van der Waals surface area contributed by atoms with Crippen LogP contribution in [-0.4, -0.2) is 59.7 Å². The molecule has 2 aliphatic rings. The van der Waals surface area contributed by atoms with Crippen molar-refractivity contribution in [2.75, 3.05) is 33.7 Å². The summed E-state index contributed by atoms with van der Waals surface area (Å²) in [7, 11) is -2.67. The summed E-state index contributed by atoms with van der Waals surface area (Å²) in [5.41, 5.74) is 0.426. The molecular weight excluding hydrogens is 441 g/mol. The van der Waals surface area contributed by atoms with Gasteiger partial charge in [-0.05, 0) is 55.3 Å². The number of nitrogens with zero attached hydrogens (tertiary/aromatic N) is 1. The topological polar surface area (TPSA) is 115 Å². The lowest BCUT2D eigenvalue weighted by molar-refractivity contribution is -0.112. The molecule has 0 unspecified atom stereocenters. The van der Waals surface area contributed by atoms with Crippen LogP contribution in [0, 0.1) is 11.7 Å². The third kappa shape index (κ3) is 6.03. The lowest BCUT2D eigenvalue weighted by atomic mass is 9.85. The van der Waals surface area contributed by atoms with Gasteiger partial charge in [0.1, 0.15) is 11.6 Å². The zero-order chi connectivity index (χ0) is 23.3. The number of nitrogens with one attached hydrogen (secondary N) is 2. The molecular formula is C21H30FN3O6S. The number of fused-ring (bicyclic) bond motifs is 1. The van der Waals surface area contributed by atoms with E-state index in [-0.39, 0.29) is 30.8 Å². The van der Waals surface area contributed by atoms with Gasteiger partial charge in [-0.3, -0.25) is 4.79 Å². The van der Waals surface area contributed by atoms with E-state index in [1.807, 2.05) is 0 Å². The van der Waals surface area contributed by atoms with E-state index >= 15 is 4.39 Å². The van der Waals surface area contributed by atoms with Crippen LogP contribution in [0.3, 0.4) is 0 Å². The molecule has 0 radical (unpaired) electrons. The molecule has 1 aliphatic carbocycles. The number of amides is 1. The van der Waals surface area contributed by atoms with Crippen LogP contribution in [-0.2, 0) is 37.3 Å². The Hall–Kier alpha value is -2.08. The first kappa shape index (κ1) is 24.6. The molecule has 0 spiro atoms. The molecule has 1 amide bonds. The van der Waals surface area contributed by atoms with E-state index in [0.717, 1.165) is 24.9 Å². The summed E-state index contributed by atoms with van der Waals surface area (Å²) in [6, 6.07) is 1.74. The van der Waals surface area contributed by atoms with Crippen molar-refractivity contribution in [1.82, 2.24) is 10.0 Å². The average Bonchev–Trinajstić information content (AvgIpc) is 3.00. The van der Waals surface area contributed by atoms with Crippen molar-refractivity contribution in [2.45, 2.75) is 45.6 Å². The van der Waals surface area contributed by atoms with E-state index < -0.39 is 27.6 Å². The van der Waals surface area contributed by atoms with Crippen molar-refractivity contribution in [3.63, 3.8) is 0 Å². The van der Waals surface area contributed by atoms with E-state index in [9.17, 15) is 13.2 Å². The van der Waals surface area contributed by atoms with E-state index in [2.05, 4.69) is 23.6 Å². The Kier molecular flexibility index (Phi) is 8.21. The number of halogens is 1. The molecule has 0 aromatic heterocycles. The Morgan fingerprint density at radius 1 is 1.34 bits per heavy atom. The van der Waals surface area contributed by atoms with Crippen molar-refractivity contribution >= 4 is 21.8 Å². The molecule has 1 aromatic rings. The molecule has 0 fully saturated rings. The highest BCUT2D eigenvalue weighted by Crippen LogP contribution is 2.34. The summed E-state index contributed by atoms with van der Waals surface area (Å²) in [6.45, 7) is 5.53. The largest absolute Gasteiger partial charge is 0.467 e. The molecule has 3 rings (SSSR count). The van der Waals surface area contributed by atoms with Crippen LogP contribution >= 0.6 is 0 Å². The van der Waals surface area contributed by atoms with Gasteiger partial charge in [0.2, 0.25) is 0 Å². The maximum atomic E-state index is 15.7. The van der Waals surface area contributed by atoms with Crippen LogP contribution in [0.5, 0.6) is 5.75 Å². The molecule has 0 saturated carbocycles.